The van der Waals surface area contributed by atoms with Gasteiger partial charge in [-0.15, -0.1) is 0 Å². The molecule has 0 unspecified atom stereocenters. The van der Waals surface area contributed by atoms with Crippen LogP contribution in [0.1, 0.15) is 25.3 Å². The molecule has 0 aliphatic rings. The van der Waals surface area contributed by atoms with Crippen LogP contribution in [0, 0.1) is 0 Å². The van der Waals surface area contributed by atoms with Crippen LogP contribution in [0.5, 0.6) is 5.75 Å². The van der Waals surface area contributed by atoms with Crippen molar-refractivity contribution >= 4 is 10.1 Å². The van der Waals surface area contributed by atoms with Gasteiger partial charge < -0.3 is 4.18 Å². The van der Waals surface area contributed by atoms with Gasteiger partial charge in [-0.2, -0.15) is 21.6 Å². The van der Waals surface area contributed by atoms with Crippen molar-refractivity contribution in [2.24, 2.45) is 0 Å². The Morgan fingerprint density at radius 2 is 1.79 bits per heavy atom. The lowest BCUT2D eigenvalue weighted by Crippen LogP contribution is -2.29. The van der Waals surface area contributed by atoms with Gasteiger partial charge in [0.25, 0.3) is 0 Å². The van der Waals surface area contributed by atoms with Crippen molar-refractivity contribution in [2.75, 3.05) is 0 Å². The summed E-state index contributed by atoms with van der Waals surface area (Å²) in [6, 6.07) is 4.76. The van der Waals surface area contributed by atoms with Crippen molar-refractivity contribution in [2.45, 2.75) is 25.3 Å². The van der Waals surface area contributed by atoms with Gasteiger partial charge in [0.1, 0.15) is 0 Å². The molecule has 0 heterocycles. The molecule has 0 bridgehead atoms. The van der Waals surface area contributed by atoms with Gasteiger partial charge in [-0.25, -0.2) is 0 Å². The largest absolute Gasteiger partial charge is 0.534 e. The first-order valence-electron chi connectivity index (χ1n) is 5.19. The van der Waals surface area contributed by atoms with Crippen LogP contribution < -0.4 is 9.61 Å². The first kappa shape index (κ1) is 15.5. The Labute approximate surface area is 108 Å². The standard InChI is InChI=1S/C11H11F3O4S/c1-7(2)8-4-3-5-9(15)10(6-8)18-19(16,17)11(12,13)14/h3-7H,1-2H3. The highest BCUT2D eigenvalue weighted by atomic mass is 32.2. The zero-order valence-corrected chi connectivity index (χ0v) is 10.9. The molecule has 19 heavy (non-hydrogen) atoms. The lowest BCUT2D eigenvalue weighted by Gasteiger charge is -2.08. The van der Waals surface area contributed by atoms with Crippen LogP contribution in [-0.2, 0) is 10.1 Å². The summed E-state index contributed by atoms with van der Waals surface area (Å²) in [5.41, 5.74) is -6.04. The molecule has 106 valence electrons. The lowest BCUT2D eigenvalue weighted by molar-refractivity contribution is -0.0500. The van der Waals surface area contributed by atoms with E-state index in [2.05, 4.69) is 4.18 Å². The Hall–Kier alpha value is -1.57. The van der Waals surface area contributed by atoms with Crippen molar-refractivity contribution in [1.82, 2.24) is 0 Å². The molecule has 0 spiro atoms. The summed E-state index contributed by atoms with van der Waals surface area (Å²) < 4.78 is 62.2. The molecule has 0 aliphatic carbocycles. The third-order valence-corrected chi connectivity index (χ3v) is 3.19. The molecule has 1 rings (SSSR count). The van der Waals surface area contributed by atoms with Crippen molar-refractivity contribution in [3.8, 4) is 5.75 Å². The number of rotatable bonds is 3. The van der Waals surface area contributed by atoms with Gasteiger partial charge in [0.05, 0.1) is 0 Å². The monoisotopic (exact) mass is 296 g/mol. The van der Waals surface area contributed by atoms with E-state index >= 15 is 0 Å². The Bertz CT molecular complexity index is 621. The smallest absolute Gasteiger partial charge is 0.372 e. The molecule has 0 saturated heterocycles. The van der Waals surface area contributed by atoms with E-state index in [9.17, 15) is 26.4 Å². The van der Waals surface area contributed by atoms with Crippen molar-refractivity contribution in [3.63, 3.8) is 0 Å². The van der Waals surface area contributed by atoms with Crippen LogP contribution in [0.25, 0.3) is 0 Å². The number of hydrogen-bond donors (Lipinski definition) is 0. The fourth-order valence-corrected chi connectivity index (χ4v) is 1.65. The van der Waals surface area contributed by atoms with E-state index in [1.165, 1.54) is 12.1 Å². The second kappa shape index (κ2) is 5.20. The second-order valence-electron chi connectivity index (χ2n) is 4.04. The summed E-state index contributed by atoms with van der Waals surface area (Å²) >= 11 is 0. The van der Waals surface area contributed by atoms with Gasteiger partial charge in [-0.3, -0.25) is 4.79 Å². The zero-order chi connectivity index (χ0) is 14.8. The number of hydrogen-bond acceptors (Lipinski definition) is 4. The maximum absolute atomic E-state index is 12.2. The summed E-state index contributed by atoms with van der Waals surface area (Å²) in [6.07, 6.45) is 0. The molecule has 0 atom stereocenters. The Morgan fingerprint density at radius 3 is 2.26 bits per heavy atom. The van der Waals surface area contributed by atoms with Crippen LogP contribution in [-0.4, -0.2) is 13.9 Å². The quantitative estimate of drug-likeness (QED) is 0.635. The van der Waals surface area contributed by atoms with E-state index < -0.39 is 26.8 Å². The van der Waals surface area contributed by atoms with Crippen LogP contribution in [0.2, 0.25) is 0 Å². The van der Waals surface area contributed by atoms with Gasteiger partial charge in [-0.1, -0.05) is 26.0 Å². The average molecular weight is 296 g/mol. The fraction of sp³-hybridized carbons (Fsp3) is 0.364. The molecule has 0 amide bonds. The highest BCUT2D eigenvalue weighted by Gasteiger charge is 2.48. The minimum Gasteiger partial charge on any atom is -0.372 e. The maximum Gasteiger partial charge on any atom is 0.534 e. The van der Waals surface area contributed by atoms with Gasteiger partial charge in [0.15, 0.2) is 5.75 Å². The first-order chi connectivity index (χ1) is 8.54. The Kier molecular flexibility index (Phi) is 4.24. The van der Waals surface area contributed by atoms with E-state index in [1.807, 2.05) is 0 Å². The molecule has 0 aliphatic heterocycles. The van der Waals surface area contributed by atoms with Crippen LogP contribution in [0.15, 0.2) is 29.1 Å². The van der Waals surface area contributed by atoms with E-state index in [1.54, 1.807) is 13.8 Å². The average Bonchev–Trinajstić information content (AvgIpc) is 2.39. The zero-order valence-electron chi connectivity index (χ0n) is 10.1. The van der Waals surface area contributed by atoms with Crippen molar-refractivity contribution < 1.29 is 25.8 Å². The second-order valence-corrected chi connectivity index (χ2v) is 5.57. The van der Waals surface area contributed by atoms with Crippen molar-refractivity contribution in [3.05, 3.63) is 40.1 Å². The van der Waals surface area contributed by atoms with Crippen LogP contribution in [0.3, 0.4) is 0 Å². The highest BCUT2D eigenvalue weighted by Crippen LogP contribution is 2.26. The fourth-order valence-electron chi connectivity index (χ4n) is 1.19. The van der Waals surface area contributed by atoms with Crippen molar-refractivity contribution in [1.29, 1.82) is 0 Å². The molecular formula is C11H11F3O4S. The predicted octanol–water partition coefficient (Wildman–Crippen LogP) is 2.40. The van der Waals surface area contributed by atoms with Gasteiger partial charge in [0, 0.05) is 0 Å². The van der Waals surface area contributed by atoms with Crippen LogP contribution in [0.4, 0.5) is 13.2 Å². The minimum atomic E-state index is -5.85. The molecule has 4 nitrogen and oxygen atoms in total. The SMILES string of the molecule is CC(C)c1cccc(=O)c(OS(=O)(=O)C(F)(F)F)c1. The first-order valence-corrected chi connectivity index (χ1v) is 6.60. The molecule has 1 aromatic carbocycles. The van der Waals surface area contributed by atoms with E-state index in [0.717, 1.165) is 12.1 Å². The molecular weight excluding hydrogens is 285 g/mol. The molecule has 0 fully saturated rings. The third kappa shape index (κ3) is 3.69. The molecule has 0 radical (unpaired) electrons. The summed E-state index contributed by atoms with van der Waals surface area (Å²) in [7, 11) is -5.85. The van der Waals surface area contributed by atoms with Crippen LogP contribution >= 0.6 is 0 Å². The molecule has 0 saturated carbocycles. The molecule has 0 aromatic heterocycles. The predicted molar refractivity (Wildman–Crippen MR) is 62.4 cm³/mol. The Balaban J connectivity index is 3.34. The van der Waals surface area contributed by atoms with E-state index in [4.69, 9.17) is 0 Å². The summed E-state index contributed by atoms with van der Waals surface area (Å²) in [4.78, 5) is 11.4. The highest BCUT2D eigenvalue weighted by molar-refractivity contribution is 7.87. The van der Waals surface area contributed by atoms with Gasteiger partial charge >= 0.3 is 15.6 Å². The van der Waals surface area contributed by atoms with Gasteiger partial charge in [-0.05, 0) is 23.6 Å². The molecule has 8 heteroatoms. The van der Waals surface area contributed by atoms with E-state index in [0.29, 0.717) is 5.56 Å². The summed E-state index contributed by atoms with van der Waals surface area (Å²) in [5.74, 6) is -0.978. The molecule has 1 aromatic rings. The number of halogens is 3. The summed E-state index contributed by atoms with van der Waals surface area (Å²) in [6.45, 7) is 3.48. The third-order valence-electron chi connectivity index (χ3n) is 2.23. The number of alkyl halides is 3. The van der Waals surface area contributed by atoms with E-state index in [-0.39, 0.29) is 5.92 Å². The maximum atomic E-state index is 12.2. The molecule has 0 N–H and O–H groups in total. The summed E-state index contributed by atoms with van der Waals surface area (Å²) in [5, 5.41) is 0. The van der Waals surface area contributed by atoms with Gasteiger partial charge in [0.2, 0.25) is 5.43 Å². The minimum absolute atomic E-state index is 0.109. The Morgan fingerprint density at radius 1 is 1.21 bits per heavy atom. The lowest BCUT2D eigenvalue weighted by atomic mass is 10.1. The normalized spacial score (nSPS) is 12.5. The topological polar surface area (TPSA) is 60.4 Å².